The fraction of sp³-hybridized carbons (Fsp3) is 1.00. The van der Waals surface area contributed by atoms with Crippen molar-refractivity contribution in [3.05, 3.63) is 0 Å². The van der Waals surface area contributed by atoms with Gasteiger partial charge in [-0.25, -0.2) is 0 Å². The molecule has 2 heteroatoms. The number of unbranched alkanes of at least 4 members (excludes halogenated alkanes) is 2. The molecule has 0 aliphatic carbocycles. The van der Waals surface area contributed by atoms with Crippen LogP contribution in [0.3, 0.4) is 0 Å². The fourth-order valence-electron chi connectivity index (χ4n) is 0.841. The van der Waals surface area contributed by atoms with Crippen molar-refractivity contribution in [2.24, 2.45) is 0 Å². The molecule has 1 radical (unpaired) electrons. The summed E-state index contributed by atoms with van der Waals surface area (Å²) >= 11 is 2.19. The molecule has 0 rings (SSSR count). The Bertz CT molecular complexity index is 54.9. The molecule has 0 unspecified atom stereocenters. The van der Waals surface area contributed by atoms with Gasteiger partial charge in [-0.05, 0) is 0 Å². The molecule has 0 aromatic carbocycles. The van der Waals surface area contributed by atoms with Crippen molar-refractivity contribution in [1.29, 1.82) is 0 Å². The van der Waals surface area contributed by atoms with E-state index in [-0.39, 0.29) is 1.43 Å². The first-order valence-corrected chi connectivity index (χ1v) is 8.69. The lowest BCUT2D eigenvalue weighted by Gasteiger charge is -1.93. The summed E-state index contributed by atoms with van der Waals surface area (Å²) in [6, 6.07) is 0. The van der Waals surface area contributed by atoms with E-state index in [1.54, 1.807) is 0 Å². The van der Waals surface area contributed by atoms with Gasteiger partial charge >= 0.3 is 0 Å². The largest absolute Gasteiger partial charge is 0.211 e. The van der Waals surface area contributed by atoms with Crippen LogP contribution in [0.2, 0.25) is 15.8 Å². The highest BCUT2D eigenvalue weighted by molar-refractivity contribution is 6.35. The van der Waals surface area contributed by atoms with Gasteiger partial charge in [0.05, 0.1) is 0 Å². The summed E-state index contributed by atoms with van der Waals surface area (Å²) in [5.74, 6) is 0. The van der Waals surface area contributed by atoms with E-state index >= 15 is 0 Å². The van der Waals surface area contributed by atoms with Crippen LogP contribution in [0.25, 0.3) is 0 Å². The van der Waals surface area contributed by atoms with E-state index in [0.717, 1.165) is 15.2 Å². The predicted molar refractivity (Wildman–Crippen MR) is 66.3 cm³/mol. The summed E-state index contributed by atoms with van der Waals surface area (Å²) in [5.41, 5.74) is 0. The molecule has 0 amide bonds. The molecule has 0 N–H and O–H groups in total. The first-order valence-electron chi connectivity index (χ1n) is 5.64. The minimum Gasteiger partial charge on any atom is -0.104 e. The molecule has 0 heterocycles. The van der Waals surface area contributed by atoms with Gasteiger partial charge in [0, 0.05) is 1.43 Å². The van der Waals surface area contributed by atoms with Crippen molar-refractivity contribution in [3.63, 3.8) is 0 Å². The zero-order valence-corrected chi connectivity index (χ0v) is 12.7. The Hall–Kier alpha value is 1.06. The van der Waals surface area contributed by atoms with Crippen molar-refractivity contribution >= 4 is 31.5 Å². The molecule has 0 spiro atoms. The van der Waals surface area contributed by atoms with E-state index in [2.05, 4.69) is 20.8 Å². The van der Waals surface area contributed by atoms with Crippen LogP contribution in [0.4, 0.5) is 0 Å². The Morgan fingerprint density at radius 1 is 1.00 bits per heavy atom. The number of rotatable bonds is 6. The molecule has 0 saturated heterocycles. The maximum absolute atomic E-state index is 2.28. The molecular formula is C10H27Al2. The van der Waals surface area contributed by atoms with Crippen LogP contribution in [0.15, 0.2) is 0 Å². The van der Waals surface area contributed by atoms with Crippen molar-refractivity contribution in [2.75, 3.05) is 0 Å². The molecule has 0 aliphatic heterocycles. The lowest BCUT2D eigenvalue weighted by Crippen LogP contribution is -1.87. The van der Waals surface area contributed by atoms with Gasteiger partial charge in [-0.2, -0.15) is 0 Å². The summed E-state index contributed by atoms with van der Waals surface area (Å²) < 4.78 is 0. The minimum atomic E-state index is 0. The van der Waals surface area contributed by atoms with Crippen molar-refractivity contribution in [3.8, 4) is 0 Å². The lowest BCUT2D eigenvalue weighted by molar-refractivity contribution is 0.851. The van der Waals surface area contributed by atoms with Gasteiger partial charge in [0.1, 0.15) is 0 Å². The Morgan fingerprint density at radius 2 is 1.33 bits per heavy atom. The molecule has 12 heavy (non-hydrogen) atoms. The topological polar surface area (TPSA) is 0 Å². The van der Waals surface area contributed by atoms with Gasteiger partial charge in [0.15, 0.2) is 15.2 Å². The molecule has 73 valence electrons. The van der Waals surface area contributed by atoms with Crippen LogP contribution < -0.4 is 0 Å². The van der Waals surface area contributed by atoms with Crippen molar-refractivity contribution in [1.82, 2.24) is 0 Å². The molecule has 0 aromatic rings. The maximum atomic E-state index is 2.28. The summed E-state index contributed by atoms with van der Waals surface area (Å²) in [6.07, 6.45) is 5.72. The van der Waals surface area contributed by atoms with Gasteiger partial charge in [-0.3, -0.25) is 0 Å². The molecule has 0 aliphatic rings. The summed E-state index contributed by atoms with van der Waals surface area (Å²) in [5, 5.41) is 4.47. The van der Waals surface area contributed by atoms with E-state index in [0.29, 0.717) is 0 Å². The van der Waals surface area contributed by atoms with E-state index in [4.69, 9.17) is 0 Å². The summed E-state index contributed by atoms with van der Waals surface area (Å²) in [4.78, 5) is 0. The number of hydrogen-bond acceptors (Lipinski definition) is 0. The smallest absolute Gasteiger partial charge is 0.104 e. The van der Waals surface area contributed by atoms with E-state index in [1.807, 2.05) is 0 Å². The van der Waals surface area contributed by atoms with Gasteiger partial charge in [-0.15, -0.1) is 15.8 Å². The molecule has 0 aromatic heterocycles. The zero-order chi connectivity index (χ0) is 9.66. The van der Waals surface area contributed by atoms with Gasteiger partial charge in [-0.1, -0.05) is 46.5 Å². The monoisotopic (exact) mass is 201 g/mol. The number of hydrogen-bond donors (Lipinski definition) is 0. The molecule has 0 atom stereocenters. The van der Waals surface area contributed by atoms with E-state index in [1.165, 1.54) is 57.8 Å². The first-order chi connectivity index (χ1) is 5.83. The molecule has 0 saturated carbocycles. The zero-order valence-electron chi connectivity index (χ0n) is 9.53. The predicted octanol–water partition coefficient (Wildman–Crippen LogP) is 3.43. The average Bonchev–Trinajstić information content (AvgIpc) is 2.06. The van der Waals surface area contributed by atoms with Crippen molar-refractivity contribution in [2.45, 2.75) is 62.3 Å². The highest BCUT2D eigenvalue weighted by Gasteiger charge is 1.89. The highest BCUT2D eigenvalue weighted by atomic mass is 27.1. The molecule has 0 bridgehead atoms. The molecule has 0 fully saturated rings. The Labute approximate surface area is 95.1 Å². The van der Waals surface area contributed by atoms with Gasteiger partial charge in [0.2, 0.25) is 16.3 Å². The minimum absolute atomic E-state index is 0. The van der Waals surface area contributed by atoms with Crippen LogP contribution in [0, 0.1) is 0 Å². The Balaban J connectivity index is -0.000000220. The highest BCUT2D eigenvalue weighted by Crippen LogP contribution is 1.99. The van der Waals surface area contributed by atoms with Crippen LogP contribution in [-0.4, -0.2) is 31.5 Å². The Kier molecular flexibility index (Phi) is 23.3. The van der Waals surface area contributed by atoms with E-state index < -0.39 is 0 Å². The fourth-order valence-corrected chi connectivity index (χ4v) is 2.52. The SMILES string of the molecule is CCC[CH2][Al][CH2]CCC.C[CH2][AlH2].[HH]. The quantitative estimate of drug-likeness (QED) is 0.456. The van der Waals surface area contributed by atoms with Gasteiger partial charge < -0.3 is 0 Å². The second-order valence-corrected chi connectivity index (χ2v) is 6.43. The lowest BCUT2D eigenvalue weighted by atomic mass is 10.4. The van der Waals surface area contributed by atoms with Crippen LogP contribution in [-0.2, 0) is 0 Å². The van der Waals surface area contributed by atoms with E-state index in [9.17, 15) is 0 Å². The normalized spacial score (nSPS) is 8.58. The molecular weight excluding hydrogens is 174 g/mol. The summed E-state index contributed by atoms with van der Waals surface area (Å²) in [7, 11) is 0. The molecule has 0 nitrogen and oxygen atoms in total. The second-order valence-electron chi connectivity index (χ2n) is 3.28. The Morgan fingerprint density at radius 3 is 1.58 bits per heavy atom. The maximum Gasteiger partial charge on any atom is 0.211 e. The second kappa shape index (κ2) is 18.0. The van der Waals surface area contributed by atoms with Crippen LogP contribution in [0.5, 0.6) is 0 Å². The van der Waals surface area contributed by atoms with Crippen LogP contribution >= 0.6 is 0 Å². The average molecular weight is 201 g/mol. The third kappa shape index (κ3) is 22.5. The first kappa shape index (κ1) is 15.5. The standard InChI is InChI=1S/2C4H9.C2H5.2Al.H2.2H/c2*1-3-4-2;1-2;;;;;/h2*1,3-4H2,2H3;1H2,2H3;;;1H;;. The van der Waals surface area contributed by atoms with Crippen LogP contribution in [0.1, 0.15) is 47.9 Å². The third-order valence-corrected chi connectivity index (χ3v) is 3.16. The van der Waals surface area contributed by atoms with Gasteiger partial charge in [0.25, 0.3) is 0 Å². The summed E-state index contributed by atoms with van der Waals surface area (Å²) in [6.45, 7) is 6.74. The third-order valence-electron chi connectivity index (χ3n) is 1.52. The van der Waals surface area contributed by atoms with Crippen molar-refractivity contribution < 1.29 is 1.43 Å².